The zero-order chi connectivity index (χ0) is 15.3. The Labute approximate surface area is 130 Å². The Bertz CT molecular complexity index is 262. The van der Waals surface area contributed by atoms with E-state index in [9.17, 15) is 9.90 Å². The van der Waals surface area contributed by atoms with Gasteiger partial charge in [-0.2, -0.15) is 0 Å². The Kier molecular flexibility index (Phi) is 10.6. The van der Waals surface area contributed by atoms with Crippen molar-refractivity contribution in [3.8, 4) is 0 Å². The van der Waals surface area contributed by atoms with Crippen LogP contribution in [-0.4, -0.2) is 23.2 Å². The summed E-state index contributed by atoms with van der Waals surface area (Å²) in [6.07, 6.45) is 15.1. The van der Waals surface area contributed by atoms with Crippen LogP contribution in [0.4, 0.5) is 0 Å². The van der Waals surface area contributed by atoms with Crippen molar-refractivity contribution < 1.29 is 9.90 Å². The van der Waals surface area contributed by atoms with Gasteiger partial charge in [0.2, 0.25) is 5.91 Å². The highest BCUT2D eigenvalue weighted by atomic mass is 16.3. The van der Waals surface area contributed by atoms with Crippen molar-refractivity contribution in [1.82, 2.24) is 5.32 Å². The molecule has 0 spiro atoms. The standard InChI is InChI=1S/C18H35NO2/c1-2-3-4-5-9-13-17(20)14-10-15-18(21)19-16-11-7-6-8-12-16/h16-17,20H,2-15H2,1H3,(H,19,21)/t17-/m1/s1. The summed E-state index contributed by atoms with van der Waals surface area (Å²) in [5, 5.41) is 13.0. The van der Waals surface area contributed by atoms with Crippen LogP contribution >= 0.6 is 0 Å². The highest BCUT2D eigenvalue weighted by Crippen LogP contribution is 2.17. The lowest BCUT2D eigenvalue weighted by molar-refractivity contribution is -0.122. The third kappa shape index (κ3) is 9.89. The topological polar surface area (TPSA) is 49.3 Å². The van der Waals surface area contributed by atoms with Crippen LogP contribution < -0.4 is 5.32 Å². The van der Waals surface area contributed by atoms with E-state index in [0.717, 1.165) is 38.5 Å². The lowest BCUT2D eigenvalue weighted by Crippen LogP contribution is -2.36. The summed E-state index contributed by atoms with van der Waals surface area (Å²) < 4.78 is 0. The Balaban J connectivity index is 1.95. The molecule has 124 valence electrons. The fraction of sp³-hybridized carbons (Fsp3) is 0.944. The number of aliphatic hydroxyl groups is 1. The molecule has 0 bridgehead atoms. The molecule has 0 aromatic carbocycles. The average Bonchev–Trinajstić information content (AvgIpc) is 2.48. The summed E-state index contributed by atoms with van der Waals surface area (Å²) in [5.74, 6) is 0.178. The van der Waals surface area contributed by atoms with Gasteiger partial charge < -0.3 is 10.4 Å². The predicted molar refractivity (Wildman–Crippen MR) is 88.2 cm³/mol. The maximum atomic E-state index is 11.8. The number of unbranched alkanes of at least 4 members (excludes halogenated alkanes) is 4. The molecule has 0 heterocycles. The van der Waals surface area contributed by atoms with Crippen molar-refractivity contribution in [1.29, 1.82) is 0 Å². The normalized spacial score (nSPS) is 17.6. The van der Waals surface area contributed by atoms with E-state index in [4.69, 9.17) is 0 Å². The molecule has 3 nitrogen and oxygen atoms in total. The van der Waals surface area contributed by atoms with E-state index in [2.05, 4.69) is 12.2 Å². The number of carbonyl (C=O) groups excluding carboxylic acids is 1. The van der Waals surface area contributed by atoms with Crippen LogP contribution in [0.1, 0.15) is 96.8 Å². The molecule has 1 aliphatic rings. The average molecular weight is 297 g/mol. The first kappa shape index (κ1) is 18.5. The minimum Gasteiger partial charge on any atom is -0.393 e. The number of rotatable bonds is 11. The summed E-state index contributed by atoms with van der Waals surface area (Å²) in [7, 11) is 0. The molecule has 1 fully saturated rings. The lowest BCUT2D eigenvalue weighted by atomic mass is 9.95. The van der Waals surface area contributed by atoms with Crippen molar-refractivity contribution in [3.63, 3.8) is 0 Å². The lowest BCUT2D eigenvalue weighted by Gasteiger charge is -2.22. The first-order valence-electron chi connectivity index (χ1n) is 9.19. The minimum absolute atomic E-state index is 0.178. The summed E-state index contributed by atoms with van der Waals surface area (Å²) in [6, 6.07) is 0.412. The van der Waals surface area contributed by atoms with Gasteiger partial charge in [-0.25, -0.2) is 0 Å². The molecule has 1 aliphatic carbocycles. The number of carbonyl (C=O) groups is 1. The Morgan fingerprint density at radius 2 is 1.71 bits per heavy atom. The third-order valence-corrected chi connectivity index (χ3v) is 4.55. The first-order valence-corrected chi connectivity index (χ1v) is 9.19. The molecule has 0 unspecified atom stereocenters. The van der Waals surface area contributed by atoms with Crippen molar-refractivity contribution in [2.75, 3.05) is 0 Å². The molecule has 3 heteroatoms. The van der Waals surface area contributed by atoms with Gasteiger partial charge in [0.15, 0.2) is 0 Å². The third-order valence-electron chi connectivity index (χ3n) is 4.55. The smallest absolute Gasteiger partial charge is 0.220 e. The molecule has 21 heavy (non-hydrogen) atoms. The van der Waals surface area contributed by atoms with E-state index in [1.54, 1.807) is 0 Å². The minimum atomic E-state index is -0.214. The van der Waals surface area contributed by atoms with Crippen LogP contribution in [0.3, 0.4) is 0 Å². The van der Waals surface area contributed by atoms with Gasteiger partial charge in [-0.05, 0) is 32.1 Å². The maximum absolute atomic E-state index is 11.8. The number of amides is 1. The van der Waals surface area contributed by atoms with E-state index in [1.807, 2.05) is 0 Å². The van der Waals surface area contributed by atoms with E-state index in [1.165, 1.54) is 44.9 Å². The molecule has 1 atom stereocenters. The van der Waals surface area contributed by atoms with Gasteiger partial charge in [-0.3, -0.25) is 4.79 Å². The van der Waals surface area contributed by atoms with Crippen LogP contribution in [-0.2, 0) is 4.79 Å². The van der Waals surface area contributed by atoms with Gasteiger partial charge in [0.05, 0.1) is 6.10 Å². The molecule has 1 saturated carbocycles. The molecular weight excluding hydrogens is 262 g/mol. The molecule has 0 aromatic rings. The Morgan fingerprint density at radius 3 is 2.43 bits per heavy atom. The van der Waals surface area contributed by atoms with Gasteiger partial charge in [0.25, 0.3) is 0 Å². The molecular formula is C18H35NO2. The van der Waals surface area contributed by atoms with Gasteiger partial charge >= 0.3 is 0 Å². The molecule has 1 amide bonds. The molecule has 2 N–H and O–H groups in total. The summed E-state index contributed by atoms with van der Waals surface area (Å²) >= 11 is 0. The van der Waals surface area contributed by atoms with Gasteiger partial charge in [0, 0.05) is 12.5 Å². The molecule has 0 aliphatic heterocycles. The van der Waals surface area contributed by atoms with Crippen molar-refractivity contribution in [3.05, 3.63) is 0 Å². The van der Waals surface area contributed by atoms with Crippen LogP contribution in [0.25, 0.3) is 0 Å². The zero-order valence-electron chi connectivity index (χ0n) is 13.9. The molecule has 0 saturated heterocycles. The maximum Gasteiger partial charge on any atom is 0.220 e. The Morgan fingerprint density at radius 1 is 1.05 bits per heavy atom. The van der Waals surface area contributed by atoms with Crippen molar-refractivity contribution >= 4 is 5.91 Å². The van der Waals surface area contributed by atoms with Crippen molar-refractivity contribution in [2.24, 2.45) is 0 Å². The fourth-order valence-corrected chi connectivity index (χ4v) is 3.17. The second kappa shape index (κ2) is 12.0. The number of hydrogen-bond acceptors (Lipinski definition) is 2. The van der Waals surface area contributed by atoms with E-state index in [-0.39, 0.29) is 12.0 Å². The summed E-state index contributed by atoms with van der Waals surface area (Å²) in [4.78, 5) is 11.8. The van der Waals surface area contributed by atoms with Crippen LogP contribution in [0, 0.1) is 0 Å². The second-order valence-electron chi connectivity index (χ2n) is 6.65. The molecule has 0 aromatic heterocycles. The summed E-state index contributed by atoms with van der Waals surface area (Å²) in [5.41, 5.74) is 0. The van der Waals surface area contributed by atoms with E-state index in [0.29, 0.717) is 12.5 Å². The van der Waals surface area contributed by atoms with Crippen LogP contribution in [0.2, 0.25) is 0 Å². The Hall–Kier alpha value is -0.570. The SMILES string of the molecule is CCCCCCC[C@@H](O)CCCC(=O)NC1CCCCC1. The number of nitrogens with one attached hydrogen (secondary N) is 1. The quantitative estimate of drug-likeness (QED) is 0.558. The second-order valence-corrected chi connectivity index (χ2v) is 6.65. The van der Waals surface area contributed by atoms with Gasteiger partial charge in [0.1, 0.15) is 0 Å². The fourth-order valence-electron chi connectivity index (χ4n) is 3.17. The van der Waals surface area contributed by atoms with E-state index >= 15 is 0 Å². The predicted octanol–water partition coefficient (Wildman–Crippen LogP) is 4.33. The van der Waals surface area contributed by atoms with Crippen molar-refractivity contribution in [2.45, 2.75) is 109 Å². The molecule has 1 rings (SSSR count). The van der Waals surface area contributed by atoms with Crippen LogP contribution in [0.15, 0.2) is 0 Å². The van der Waals surface area contributed by atoms with Crippen LogP contribution in [0.5, 0.6) is 0 Å². The highest BCUT2D eigenvalue weighted by Gasteiger charge is 2.15. The van der Waals surface area contributed by atoms with E-state index < -0.39 is 0 Å². The molecule has 0 radical (unpaired) electrons. The zero-order valence-corrected chi connectivity index (χ0v) is 13.9. The number of aliphatic hydroxyl groups excluding tert-OH is 1. The highest BCUT2D eigenvalue weighted by molar-refractivity contribution is 5.76. The monoisotopic (exact) mass is 297 g/mol. The largest absolute Gasteiger partial charge is 0.393 e. The van der Waals surface area contributed by atoms with Gasteiger partial charge in [-0.15, -0.1) is 0 Å². The van der Waals surface area contributed by atoms with Gasteiger partial charge in [-0.1, -0.05) is 58.3 Å². The first-order chi connectivity index (χ1) is 10.2. The number of hydrogen-bond donors (Lipinski definition) is 2. The summed E-state index contributed by atoms with van der Waals surface area (Å²) in [6.45, 7) is 2.22.